The number of carbonyl (C=O) groups is 1. The van der Waals surface area contributed by atoms with Gasteiger partial charge in [-0.2, -0.15) is 4.31 Å². The summed E-state index contributed by atoms with van der Waals surface area (Å²) in [5, 5.41) is 9.26. The Morgan fingerprint density at radius 1 is 1.38 bits per heavy atom. The third-order valence-corrected chi connectivity index (χ3v) is 5.61. The van der Waals surface area contributed by atoms with Crippen LogP contribution in [0.15, 0.2) is 29.2 Å². The Morgan fingerprint density at radius 3 is 2.62 bits per heavy atom. The zero-order valence-corrected chi connectivity index (χ0v) is 12.7. The van der Waals surface area contributed by atoms with E-state index in [1.807, 2.05) is 0 Å². The van der Waals surface area contributed by atoms with Gasteiger partial charge in [-0.1, -0.05) is 12.1 Å². The molecule has 1 heterocycles. The summed E-state index contributed by atoms with van der Waals surface area (Å²) in [6, 6.07) is 5.84. The van der Waals surface area contributed by atoms with Gasteiger partial charge in [0.05, 0.1) is 25.0 Å². The summed E-state index contributed by atoms with van der Waals surface area (Å²) >= 11 is 0. The van der Waals surface area contributed by atoms with Crippen LogP contribution in [-0.2, 0) is 26.0 Å². The molecule has 2 rings (SSSR count). The molecular formula is C14H19NO5S. The highest BCUT2D eigenvalue weighted by molar-refractivity contribution is 7.89. The number of nitrogens with zero attached hydrogens (tertiary/aromatic N) is 1. The number of aliphatic hydroxyl groups excluding tert-OH is 1. The van der Waals surface area contributed by atoms with E-state index in [0.717, 1.165) is 6.42 Å². The Morgan fingerprint density at radius 2 is 2.05 bits per heavy atom. The highest BCUT2D eigenvalue weighted by Crippen LogP contribution is 2.26. The van der Waals surface area contributed by atoms with E-state index < -0.39 is 10.0 Å². The van der Waals surface area contributed by atoms with E-state index in [1.54, 1.807) is 12.1 Å². The Kier molecular flexibility index (Phi) is 4.97. The number of sulfonamides is 1. The predicted molar refractivity (Wildman–Crippen MR) is 76.2 cm³/mol. The molecule has 1 aromatic rings. The maximum absolute atomic E-state index is 12.5. The molecule has 0 bridgehead atoms. The minimum atomic E-state index is -3.59. The third kappa shape index (κ3) is 3.42. The number of methoxy groups -OCH3 is 1. The first-order valence-electron chi connectivity index (χ1n) is 6.77. The number of hydrogen-bond donors (Lipinski definition) is 1. The van der Waals surface area contributed by atoms with Crippen LogP contribution in [0.2, 0.25) is 0 Å². The Balaban J connectivity index is 2.19. The second-order valence-electron chi connectivity index (χ2n) is 4.99. The fourth-order valence-corrected chi connectivity index (χ4v) is 4.15. The lowest BCUT2D eigenvalue weighted by Gasteiger charge is -2.22. The predicted octanol–water partition coefficient (Wildman–Crippen LogP) is 0.547. The second-order valence-corrected chi connectivity index (χ2v) is 6.88. The average Bonchev–Trinajstić information content (AvgIpc) is 2.97. The normalized spacial score (nSPS) is 19.6. The van der Waals surface area contributed by atoms with Gasteiger partial charge in [0.25, 0.3) is 0 Å². The lowest BCUT2D eigenvalue weighted by molar-refractivity contribution is -0.139. The van der Waals surface area contributed by atoms with E-state index in [9.17, 15) is 18.3 Å². The summed E-state index contributed by atoms with van der Waals surface area (Å²) in [6.45, 7) is 0.261. The van der Waals surface area contributed by atoms with Crippen LogP contribution in [0, 0.1) is 0 Å². The van der Waals surface area contributed by atoms with Gasteiger partial charge in [0.1, 0.15) is 0 Å². The number of aliphatic hydroxyl groups is 1. The van der Waals surface area contributed by atoms with E-state index in [4.69, 9.17) is 0 Å². The molecule has 0 aromatic heterocycles. The molecule has 1 aliphatic heterocycles. The lowest BCUT2D eigenvalue weighted by Crippen LogP contribution is -2.37. The van der Waals surface area contributed by atoms with Crippen molar-refractivity contribution in [1.82, 2.24) is 4.31 Å². The number of hydrogen-bond acceptors (Lipinski definition) is 5. The molecule has 1 fully saturated rings. The van der Waals surface area contributed by atoms with Crippen molar-refractivity contribution in [2.75, 3.05) is 20.3 Å². The summed E-state index contributed by atoms with van der Waals surface area (Å²) in [5.41, 5.74) is 0.695. The van der Waals surface area contributed by atoms with E-state index in [1.165, 1.54) is 23.5 Å². The van der Waals surface area contributed by atoms with Crippen LogP contribution in [0.25, 0.3) is 0 Å². The highest BCUT2D eigenvalue weighted by atomic mass is 32.2. The average molecular weight is 313 g/mol. The molecule has 116 valence electrons. The molecule has 1 aliphatic rings. The van der Waals surface area contributed by atoms with Gasteiger partial charge in [-0.05, 0) is 30.5 Å². The molecule has 1 N–H and O–H groups in total. The third-order valence-electron chi connectivity index (χ3n) is 3.64. The standard InChI is InChI=1S/C14H19NO5S/c1-20-14(17)9-11-4-6-13(7-5-11)21(18,19)15-8-2-3-12(15)10-16/h4-7,12,16H,2-3,8-10H2,1H3/t12-/m0/s1. The molecule has 0 radical (unpaired) electrons. The van der Waals surface area contributed by atoms with E-state index in [0.29, 0.717) is 18.5 Å². The van der Waals surface area contributed by atoms with Crippen LogP contribution >= 0.6 is 0 Å². The van der Waals surface area contributed by atoms with Crippen LogP contribution in [-0.4, -0.2) is 50.1 Å². The van der Waals surface area contributed by atoms with Crippen molar-refractivity contribution in [1.29, 1.82) is 0 Å². The van der Waals surface area contributed by atoms with Gasteiger partial charge in [-0.15, -0.1) is 0 Å². The van der Waals surface area contributed by atoms with Crippen LogP contribution < -0.4 is 0 Å². The van der Waals surface area contributed by atoms with Gasteiger partial charge in [-0.25, -0.2) is 8.42 Å². The van der Waals surface area contributed by atoms with Gasteiger partial charge >= 0.3 is 5.97 Å². The van der Waals surface area contributed by atoms with Gasteiger partial charge in [0, 0.05) is 12.6 Å². The van der Waals surface area contributed by atoms with Gasteiger partial charge in [0.15, 0.2) is 0 Å². The SMILES string of the molecule is COC(=O)Cc1ccc(S(=O)(=O)N2CCC[C@H]2CO)cc1. The van der Waals surface area contributed by atoms with Gasteiger partial charge < -0.3 is 9.84 Å². The molecule has 1 aromatic carbocycles. The molecule has 21 heavy (non-hydrogen) atoms. The topological polar surface area (TPSA) is 83.9 Å². The number of ether oxygens (including phenoxy) is 1. The maximum atomic E-state index is 12.5. The first-order valence-corrected chi connectivity index (χ1v) is 8.21. The van der Waals surface area contributed by atoms with E-state index in [2.05, 4.69) is 4.74 Å². The molecule has 0 unspecified atom stereocenters. The summed E-state index contributed by atoms with van der Waals surface area (Å²) in [6.07, 6.45) is 1.54. The van der Waals surface area contributed by atoms with Crippen molar-refractivity contribution in [3.05, 3.63) is 29.8 Å². The summed E-state index contributed by atoms with van der Waals surface area (Å²) in [7, 11) is -2.28. The lowest BCUT2D eigenvalue weighted by atomic mass is 10.2. The Hall–Kier alpha value is -1.44. The van der Waals surface area contributed by atoms with Crippen LogP contribution in [0.4, 0.5) is 0 Å². The monoisotopic (exact) mass is 313 g/mol. The summed E-state index contributed by atoms with van der Waals surface area (Å²) in [4.78, 5) is 11.4. The zero-order valence-electron chi connectivity index (χ0n) is 11.9. The number of carbonyl (C=O) groups excluding carboxylic acids is 1. The van der Waals surface area contributed by atoms with Crippen molar-refractivity contribution >= 4 is 16.0 Å². The van der Waals surface area contributed by atoms with Crippen molar-refractivity contribution in [3.8, 4) is 0 Å². The fraction of sp³-hybridized carbons (Fsp3) is 0.500. The molecule has 0 saturated carbocycles. The molecular weight excluding hydrogens is 294 g/mol. The molecule has 0 amide bonds. The van der Waals surface area contributed by atoms with Crippen molar-refractivity contribution in [2.24, 2.45) is 0 Å². The van der Waals surface area contributed by atoms with Crippen LogP contribution in [0.1, 0.15) is 18.4 Å². The summed E-state index contributed by atoms with van der Waals surface area (Å²) < 4.78 is 31.0. The van der Waals surface area contributed by atoms with E-state index in [-0.39, 0.29) is 29.9 Å². The van der Waals surface area contributed by atoms with Crippen molar-refractivity contribution < 1.29 is 23.1 Å². The number of benzene rings is 1. The van der Waals surface area contributed by atoms with Crippen LogP contribution in [0.5, 0.6) is 0 Å². The van der Waals surface area contributed by atoms with Crippen molar-refractivity contribution in [3.63, 3.8) is 0 Å². The van der Waals surface area contributed by atoms with Crippen LogP contribution in [0.3, 0.4) is 0 Å². The minimum absolute atomic E-state index is 0.111. The molecule has 1 atom stereocenters. The maximum Gasteiger partial charge on any atom is 0.309 e. The number of rotatable bonds is 5. The molecule has 6 nitrogen and oxygen atoms in total. The largest absolute Gasteiger partial charge is 0.469 e. The molecule has 0 aliphatic carbocycles. The summed E-state index contributed by atoms with van der Waals surface area (Å²) in [5.74, 6) is -0.370. The quantitative estimate of drug-likeness (QED) is 0.803. The highest BCUT2D eigenvalue weighted by Gasteiger charge is 2.34. The molecule has 1 saturated heterocycles. The first kappa shape index (κ1) is 15.9. The van der Waals surface area contributed by atoms with Gasteiger partial charge in [-0.3, -0.25) is 4.79 Å². The smallest absolute Gasteiger partial charge is 0.309 e. The Bertz CT molecular complexity index is 596. The second kappa shape index (κ2) is 6.55. The molecule has 7 heteroatoms. The molecule has 0 spiro atoms. The number of esters is 1. The zero-order chi connectivity index (χ0) is 15.5. The van der Waals surface area contributed by atoms with Gasteiger partial charge in [0.2, 0.25) is 10.0 Å². The van der Waals surface area contributed by atoms with E-state index >= 15 is 0 Å². The van der Waals surface area contributed by atoms with Crippen molar-refractivity contribution in [2.45, 2.75) is 30.2 Å². The fourth-order valence-electron chi connectivity index (χ4n) is 2.46. The minimum Gasteiger partial charge on any atom is -0.469 e. The first-order chi connectivity index (χ1) is 9.98. The Labute approximate surface area is 124 Å².